The lowest BCUT2D eigenvalue weighted by Gasteiger charge is -2.11. The minimum atomic E-state index is -3.68. The maximum absolute atomic E-state index is 11.4. The van der Waals surface area contributed by atoms with Gasteiger partial charge in [-0.1, -0.05) is 13.8 Å². The van der Waals surface area contributed by atoms with Gasteiger partial charge in [0.15, 0.2) is 0 Å². The summed E-state index contributed by atoms with van der Waals surface area (Å²) in [6, 6.07) is 3.40. The van der Waals surface area contributed by atoms with Gasteiger partial charge < -0.3 is 5.73 Å². The quantitative estimate of drug-likeness (QED) is 0.758. The van der Waals surface area contributed by atoms with Crippen LogP contribution in [0.3, 0.4) is 0 Å². The lowest BCUT2D eigenvalue weighted by molar-refractivity contribution is 0.596. The van der Waals surface area contributed by atoms with E-state index in [-0.39, 0.29) is 4.90 Å². The molecule has 0 unspecified atom stereocenters. The van der Waals surface area contributed by atoms with E-state index in [9.17, 15) is 8.42 Å². The molecule has 0 fully saturated rings. The van der Waals surface area contributed by atoms with Crippen LogP contribution in [0.5, 0.6) is 0 Å². The molecule has 84 valence electrons. The van der Waals surface area contributed by atoms with Gasteiger partial charge in [0.2, 0.25) is 10.0 Å². The Labute approximate surface area is 90.3 Å². The molecule has 0 aliphatic heterocycles. The van der Waals surface area contributed by atoms with Crippen LogP contribution in [0.2, 0.25) is 0 Å². The van der Waals surface area contributed by atoms with Crippen LogP contribution < -0.4 is 10.9 Å². The number of anilines is 1. The molecule has 0 radical (unpaired) electrons. The van der Waals surface area contributed by atoms with Crippen molar-refractivity contribution in [3.05, 3.63) is 23.3 Å². The van der Waals surface area contributed by atoms with E-state index in [2.05, 4.69) is 0 Å². The van der Waals surface area contributed by atoms with Crippen molar-refractivity contribution >= 4 is 15.7 Å². The van der Waals surface area contributed by atoms with Crippen molar-refractivity contribution in [1.29, 1.82) is 0 Å². The van der Waals surface area contributed by atoms with Crippen LogP contribution in [0.25, 0.3) is 0 Å². The van der Waals surface area contributed by atoms with Gasteiger partial charge in [0, 0.05) is 5.69 Å². The van der Waals surface area contributed by atoms with Crippen LogP contribution in [0.1, 0.15) is 25.0 Å². The molecular formula is C10H16N2O2S. The number of aryl methyl sites for hydroxylation is 1. The molecule has 0 aliphatic carbocycles. The molecule has 1 aromatic rings. The highest BCUT2D eigenvalue weighted by molar-refractivity contribution is 7.89. The van der Waals surface area contributed by atoms with Gasteiger partial charge in [0.25, 0.3) is 0 Å². The fourth-order valence-corrected chi connectivity index (χ4v) is 2.48. The molecule has 0 atom stereocenters. The number of hydrogen-bond acceptors (Lipinski definition) is 3. The van der Waals surface area contributed by atoms with Crippen molar-refractivity contribution in [2.45, 2.75) is 31.6 Å². The second-order valence-electron chi connectivity index (χ2n) is 3.41. The maximum Gasteiger partial charge on any atom is 0.238 e. The predicted molar refractivity (Wildman–Crippen MR) is 61.0 cm³/mol. The lowest BCUT2D eigenvalue weighted by atomic mass is 10.1. The molecule has 1 rings (SSSR count). The number of benzene rings is 1. The average molecular weight is 228 g/mol. The molecule has 0 heterocycles. The van der Waals surface area contributed by atoms with Crippen molar-refractivity contribution in [3.8, 4) is 0 Å². The largest absolute Gasteiger partial charge is 0.398 e. The third-order valence-corrected chi connectivity index (χ3v) is 3.35. The summed E-state index contributed by atoms with van der Waals surface area (Å²) >= 11 is 0. The van der Waals surface area contributed by atoms with Crippen LogP contribution in [0, 0.1) is 0 Å². The van der Waals surface area contributed by atoms with E-state index >= 15 is 0 Å². The van der Waals surface area contributed by atoms with E-state index in [0.717, 1.165) is 12.0 Å². The first-order valence-corrected chi connectivity index (χ1v) is 6.38. The molecular weight excluding hydrogens is 212 g/mol. The molecule has 4 nitrogen and oxygen atoms in total. The van der Waals surface area contributed by atoms with Gasteiger partial charge >= 0.3 is 0 Å². The Kier molecular flexibility index (Phi) is 3.36. The van der Waals surface area contributed by atoms with Crippen LogP contribution in [-0.2, 0) is 22.9 Å². The minimum Gasteiger partial charge on any atom is -0.398 e. The molecule has 4 N–H and O–H groups in total. The SMILES string of the molecule is CCc1cc(N)c(CC)c(S(N)(=O)=O)c1. The van der Waals surface area contributed by atoms with Gasteiger partial charge in [-0.15, -0.1) is 0 Å². The summed E-state index contributed by atoms with van der Waals surface area (Å²) in [5, 5.41) is 5.14. The van der Waals surface area contributed by atoms with Crippen molar-refractivity contribution in [2.24, 2.45) is 5.14 Å². The highest BCUT2D eigenvalue weighted by Crippen LogP contribution is 2.24. The Morgan fingerprint density at radius 2 is 1.80 bits per heavy atom. The number of sulfonamides is 1. The van der Waals surface area contributed by atoms with Gasteiger partial charge in [-0.25, -0.2) is 13.6 Å². The summed E-state index contributed by atoms with van der Waals surface area (Å²) in [4.78, 5) is 0.154. The third-order valence-electron chi connectivity index (χ3n) is 2.37. The fourth-order valence-electron chi connectivity index (χ4n) is 1.56. The van der Waals surface area contributed by atoms with E-state index in [1.807, 2.05) is 13.8 Å². The number of rotatable bonds is 3. The Morgan fingerprint density at radius 3 is 2.20 bits per heavy atom. The molecule has 15 heavy (non-hydrogen) atoms. The Balaban J connectivity index is 3.53. The Morgan fingerprint density at radius 1 is 1.20 bits per heavy atom. The van der Waals surface area contributed by atoms with Crippen LogP contribution in [0.4, 0.5) is 5.69 Å². The number of nitrogen functional groups attached to an aromatic ring is 1. The summed E-state index contributed by atoms with van der Waals surface area (Å²) in [7, 11) is -3.68. The average Bonchev–Trinajstić information content (AvgIpc) is 2.15. The summed E-state index contributed by atoms with van der Waals surface area (Å²) in [6.07, 6.45) is 1.29. The first-order valence-electron chi connectivity index (χ1n) is 4.84. The van der Waals surface area contributed by atoms with E-state index in [0.29, 0.717) is 17.7 Å². The molecule has 0 saturated heterocycles. The van der Waals surface area contributed by atoms with E-state index < -0.39 is 10.0 Å². The zero-order valence-electron chi connectivity index (χ0n) is 8.95. The van der Waals surface area contributed by atoms with Gasteiger partial charge in [0.05, 0.1) is 4.90 Å². The van der Waals surface area contributed by atoms with E-state index in [4.69, 9.17) is 10.9 Å². The zero-order chi connectivity index (χ0) is 11.6. The van der Waals surface area contributed by atoms with Gasteiger partial charge in [-0.2, -0.15) is 0 Å². The lowest BCUT2D eigenvalue weighted by Crippen LogP contribution is -2.16. The van der Waals surface area contributed by atoms with Crippen LogP contribution in [-0.4, -0.2) is 8.42 Å². The topological polar surface area (TPSA) is 86.2 Å². The molecule has 0 aromatic heterocycles. The standard InChI is InChI=1S/C10H16N2O2S/c1-3-7-5-9(11)8(4-2)10(6-7)15(12,13)14/h5-6H,3-4,11H2,1-2H3,(H2,12,13,14). The highest BCUT2D eigenvalue weighted by Gasteiger charge is 2.16. The number of nitrogens with two attached hydrogens (primary N) is 2. The predicted octanol–water partition coefficient (Wildman–Crippen LogP) is 1.04. The van der Waals surface area contributed by atoms with Crippen LogP contribution >= 0.6 is 0 Å². The van der Waals surface area contributed by atoms with Gasteiger partial charge in [0.1, 0.15) is 0 Å². The molecule has 0 spiro atoms. The second kappa shape index (κ2) is 4.20. The van der Waals surface area contributed by atoms with E-state index in [1.54, 1.807) is 12.1 Å². The first-order chi connectivity index (χ1) is 6.90. The van der Waals surface area contributed by atoms with Crippen molar-refractivity contribution in [1.82, 2.24) is 0 Å². The number of primary sulfonamides is 1. The third kappa shape index (κ3) is 2.49. The Hall–Kier alpha value is -1.07. The fraction of sp³-hybridized carbons (Fsp3) is 0.400. The van der Waals surface area contributed by atoms with Crippen molar-refractivity contribution < 1.29 is 8.42 Å². The van der Waals surface area contributed by atoms with Gasteiger partial charge in [-0.3, -0.25) is 0 Å². The normalized spacial score (nSPS) is 11.7. The maximum atomic E-state index is 11.4. The van der Waals surface area contributed by atoms with Crippen molar-refractivity contribution in [2.75, 3.05) is 5.73 Å². The van der Waals surface area contributed by atoms with Gasteiger partial charge in [-0.05, 0) is 36.1 Å². The smallest absolute Gasteiger partial charge is 0.238 e. The Bertz CT molecular complexity index is 467. The van der Waals surface area contributed by atoms with Crippen LogP contribution in [0.15, 0.2) is 17.0 Å². The molecule has 5 heteroatoms. The molecule has 1 aromatic carbocycles. The first kappa shape index (κ1) is 12.0. The minimum absolute atomic E-state index is 0.154. The number of hydrogen-bond donors (Lipinski definition) is 2. The molecule has 0 bridgehead atoms. The summed E-state index contributed by atoms with van der Waals surface area (Å²) < 4.78 is 22.7. The summed E-state index contributed by atoms with van der Waals surface area (Å²) in [6.45, 7) is 3.79. The van der Waals surface area contributed by atoms with Crippen molar-refractivity contribution in [3.63, 3.8) is 0 Å². The summed E-state index contributed by atoms with van der Waals surface area (Å²) in [5.41, 5.74) is 7.78. The molecule has 0 amide bonds. The zero-order valence-corrected chi connectivity index (χ0v) is 9.76. The molecule has 0 aliphatic rings. The molecule has 0 saturated carbocycles. The monoisotopic (exact) mass is 228 g/mol. The summed E-state index contributed by atoms with van der Waals surface area (Å²) in [5.74, 6) is 0. The second-order valence-corrected chi connectivity index (χ2v) is 4.94. The van der Waals surface area contributed by atoms with E-state index in [1.165, 1.54) is 0 Å². The highest BCUT2D eigenvalue weighted by atomic mass is 32.2.